The highest BCUT2D eigenvalue weighted by atomic mass is 32.1. The lowest BCUT2D eigenvalue weighted by atomic mass is 10.0. The van der Waals surface area contributed by atoms with Gasteiger partial charge < -0.3 is 5.73 Å². The number of hydrogen-bond acceptors (Lipinski definition) is 2. The monoisotopic (exact) mass is 311 g/mol. The van der Waals surface area contributed by atoms with E-state index in [1.165, 1.54) is 11.3 Å². The van der Waals surface area contributed by atoms with Crippen molar-refractivity contribution < 1.29 is 17.6 Å². The minimum atomic E-state index is -4.55. The Morgan fingerprint density at radius 2 is 1.71 bits per heavy atom. The van der Waals surface area contributed by atoms with Crippen molar-refractivity contribution in [2.45, 2.75) is 6.18 Å². The van der Waals surface area contributed by atoms with Crippen LogP contribution in [0.1, 0.15) is 5.56 Å². The number of thiophene rings is 1. The van der Waals surface area contributed by atoms with Crippen molar-refractivity contribution in [3.63, 3.8) is 0 Å². The Morgan fingerprint density at radius 3 is 2.38 bits per heavy atom. The molecule has 0 saturated heterocycles. The van der Waals surface area contributed by atoms with Gasteiger partial charge in [0.15, 0.2) is 0 Å². The highest BCUT2D eigenvalue weighted by Gasteiger charge is 2.31. The molecule has 0 atom stereocenters. The first kappa shape index (κ1) is 13.9. The lowest BCUT2D eigenvalue weighted by Gasteiger charge is -2.09. The number of benzene rings is 2. The van der Waals surface area contributed by atoms with Crippen LogP contribution >= 0.6 is 11.3 Å². The second-order valence-electron chi connectivity index (χ2n) is 4.59. The molecule has 2 N–H and O–H groups in total. The van der Waals surface area contributed by atoms with E-state index < -0.39 is 17.6 Å². The van der Waals surface area contributed by atoms with E-state index in [0.717, 1.165) is 22.2 Å². The summed E-state index contributed by atoms with van der Waals surface area (Å²) in [6, 6.07) is 9.51. The van der Waals surface area contributed by atoms with Gasteiger partial charge in [0.2, 0.25) is 0 Å². The fraction of sp³-hybridized carbons (Fsp3) is 0.0667. The molecule has 1 nitrogen and oxygen atoms in total. The lowest BCUT2D eigenvalue weighted by Crippen LogP contribution is -2.05. The zero-order valence-corrected chi connectivity index (χ0v) is 11.4. The summed E-state index contributed by atoms with van der Waals surface area (Å²) in [7, 11) is 0. The molecule has 0 aliphatic heterocycles. The molecule has 0 aliphatic carbocycles. The Morgan fingerprint density at radius 1 is 0.952 bits per heavy atom. The van der Waals surface area contributed by atoms with Gasteiger partial charge in [0.1, 0.15) is 5.82 Å². The van der Waals surface area contributed by atoms with E-state index in [2.05, 4.69) is 0 Å². The third-order valence-corrected chi connectivity index (χ3v) is 4.07. The third-order valence-electron chi connectivity index (χ3n) is 3.15. The Balaban J connectivity index is 2.09. The van der Waals surface area contributed by atoms with Crippen LogP contribution in [-0.4, -0.2) is 0 Å². The van der Waals surface area contributed by atoms with Crippen LogP contribution in [0.2, 0.25) is 0 Å². The fourth-order valence-corrected chi connectivity index (χ4v) is 3.02. The first-order valence-corrected chi connectivity index (χ1v) is 6.82. The molecule has 0 bridgehead atoms. The molecule has 3 rings (SSSR count). The second-order valence-corrected chi connectivity index (χ2v) is 5.71. The first-order chi connectivity index (χ1) is 9.84. The molecule has 0 aliphatic rings. The Labute approximate surface area is 121 Å². The van der Waals surface area contributed by atoms with Gasteiger partial charge in [-0.05, 0) is 35.2 Å². The summed E-state index contributed by atoms with van der Waals surface area (Å²) in [5, 5.41) is 1.56. The van der Waals surface area contributed by atoms with E-state index in [9.17, 15) is 17.6 Å². The second kappa shape index (κ2) is 4.73. The van der Waals surface area contributed by atoms with Crippen molar-refractivity contribution in [1.29, 1.82) is 0 Å². The summed E-state index contributed by atoms with van der Waals surface area (Å²) in [4.78, 5) is 0. The molecule has 0 radical (unpaired) electrons. The van der Waals surface area contributed by atoms with E-state index in [0.29, 0.717) is 16.6 Å². The third kappa shape index (κ3) is 2.58. The highest BCUT2D eigenvalue weighted by Crippen LogP contribution is 2.35. The maximum absolute atomic E-state index is 14.0. The maximum Gasteiger partial charge on any atom is 0.416 e. The molecule has 0 amide bonds. The van der Waals surface area contributed by atoms with Crippen LogP contribution in [0.3, 0.4) is 0 Å². The van der Waals surface area contributed by atoms with Gasteiger partial charge in [0, 0.05) is 10.3 Å². The Bertz CT molecular complexity index is 820. The van der Waals surface area contributed by atoms with Crippen molar-refractivity contribution in [2.24, 2.45) is 0 Å². The molecule has 0 spiro atoms. The van der Waals surface area contributed by atoms with Crippen LogP contribution in [0, 0.1) is 5.82 Å². The largest absolute Gasteiger partial charge is 0.416 e. The summed E-state index contributed by atoms with van der Waals surface area (Å²) in [5.41, 5.74) is 5.36. The molecule has 3 aromatic rings. The predicted molar refractivity (Wildman–Crippen MR) is 76.6 cm³/mol. The summed E-state index contributed by atoms with van der Waals surface area (Å²) in [6.07, 6.45) is -4.55. The van der Waals surface area contributed by atoms with E-state index in [1.807, 2.05) is 0 Å². The van der Waals surface area contributed by atoms with Crippen molar-refractivity contribution in [3.8, 4) is 11.1 Å². The lowest BCUT2D eigenvalue weighted by molar-refractivity contribution is -0.137. The summed E-state index contributed by atoms with van der Waals surface area (Å²) in [6.45, 7) is 0. The van der Waals surface area contributed by atoms with Gasteiger partial charge in [-0.3, -0.25) is 0 Å². The number of hydrogen-bond donors (Lipinski definition) is 1. The van der Waals surface area contributed by atoms with Crippen LogP contribution < -0.4 is 5.73 Å². The van der Waals surface area contributed by atoms with Gasteiger partial charge in [-0.2, -0.15) is 13.2 Å². The molecule has 21 heavy (non-hydrogen) atoms. The standard InChI is InChI=1S/C15H9F4NS/c16-12-7-10(15(17,18)19)3-4-11(12)8-1-2-9-6-14(20)21-13(9)5-8/h1-7H,20H2. The summed E-state index contributed by atoms with van der Waals surface area (Å²) >= 11 is 1.35. The van der Waals surface area contributed by atoms with E-state index in [-0.39, 0.29) is 5.56 Å². The van der Waals surface area contributed by atoms with Crippen LogP contribution in [0.4, 0.5) is 22.6 Å². The number of fused-ring (bicyclic) bond motifs is 1. The zero-order valence-electron chi connectivity index (χ0n) is 10.5. The average molecular weight is 311 g/mol. The molecule has 0 saturated carbocycles. The van der Waals surface area contributed by atoms with Crippen molar-refractivity contribution in [2.75, 3.05) is 5.73 Å². The normalized spacial score (nSPS) is 12.0. The maximum atomic E-state index is 14.0. The molecule has 2 aromatic carbocycles. The number of alkyl halides is 3. The van der Waals surface area contributed by atoms with Crippen molar-refractivity contribution in [3.05, 3.63) is 53.8 Å². The predicted octanol–water partition coefficient (Wildman–Crippen LogP) is 5.31. The van der Waals surface area contributed by atoms with E-state index >= 15 is 0 Å². The number of anilines is 1. The quantitative estimate of drug-likeness (QED) is 0.606. The molecule has 0 unspecified atom stereocenters. The minimum Gasteiger partial charge on any atom is -0.391 e. The SMILES string of the molecule is Nc1cc2ccc(-c3ccc(C(F)(F)F)cc3F)cc2s1. The molecular formula is C15H9F4NS. The average Bonchev–Trinajstić information content (AvgIpc) is 2.76. The topological polar surface area (TPSA) is 26.0 Å². The number of rotatable bonds is 1. The van der Waals surface area contributed by atoms with Crippen LogP contribution in [0.15, 0.2) is 42.5 Å². The first-order valence-electron chi connectivity index (χ1n) is 6.01. The molecule has 1 heterocycles. The van der Waals surface area contributed by atoms with Gasteiger partial charge in [-0.1, -0.05) is 18.2 Å². The van der Waals surface area contributed by atoms with E-state index in [1.54, 1.807) is 24.3 Å². The Kier molecular flexibility index (Phi) is 3.13. The van der Waals surface area contributed by atoms with Gasteiger partial charge in [0.05, 0.1) is 10.6 Å². The highest BCUT2D eigenvalue weighted by molar-refractivity contribution is 7.22. The van der Waals surface area contributed by atoms with E-state index in [4.69, 9.17) is 5.73 Å². The van der Waals surface area contributed by atoms with Gasteiger partial charge in [-0.15, -0.1) is 11.3 Å². The fourth-order valence-electron chi connectivity index (χ4n) is 2.14. The smallest absolute Gasteiger partial charge is 0.391 e. The molecular weight excluding hydrogens is 302 g/mol. The Hall–Kier alpha value is -2.08. The van der Waals surface area contributed by atoms with Gasteiger partial charge >= 0.3 is 6.18 Å². The van der Waals surface area contributed by atoms with Gasteiger partial charge in [0.25, 0.3) is 0 Å². The van der Waals surface area contributed by atoms with Crippen LogP contribution in [0.25, 0.3) is 21.2 Å². The van der Waals surface area contributed by atoms with Crippen LogP contribution in [0.5, 0.6) is 0 Å². The van der Waals surface area contributed by atoms with Crippen molar-refractivity contribution >= 4 is 26.4 Å². The number of nitrogen functional groups attached to an aromatic ring is 1. The van der Waals surface area contributed by atoms with Gasteiger partial charge in [-0.25, -0.2) is 4.39 Å². The zero-order chi connectivity index (χ0) is 15.2. The molecule has 1 aromatic heterocycles. The number of halogens is 4. The molecule has 108 valence electrons. The number of nitrogens with two attached hydrogens (primary N) is 1. The van der Waals surface area contributed by atoms with Crippen LogP contribution in [-0.2, 0) is 6.18 Å². The summed E-state index contributed by atoms with van der Waals surface area (Å²) < 4.78 is 52.4. The van der Waals surface area contributed by atoms with Crippen molar-refractivity contribution in [1.82, 2.24) is 0 Å². The summed E-state index contributed by atoms with van der Waals surface area (Å²) in [5.74, 6) is -0.895. The molecule has 0 fully saturated rings. The molecule has 6 heteroatoms. The minimum absolute atomic E-state index is 0.136.